The van der Waals surface area contributed by atoms with E-state index in [0.29, 0.717) is 17.0 Å². The Kier molecular flexibility index (Phi) is 3.55. The van der Waals surface area contributed by atoms with Crippen LogP contribution in [0.5, 0.6) is 0 Å². The van der Waals surface area contributed by atoms with Crippen LogP contribution in [0.2, 0.25) is 0 Å². The summed E-state index contributed by atoms with van der Waals surface area (Å²) >= 11 is 0.294. The van der Waals surface area contributed by atoms with Gasteiger partial charge in [-0.25, -0.2) is 0 Å². The maximum Gasteiger partial charge on any atom is 0.0814 e. The van der Waals surface area contributed by atoms with Crippen molar-refractivity contribution >= 4 is 17.7 Å². The van der Waals surface area contributed by atoms with E-state index in [4.69, 9.17) is 0 Å². The molecule has 0 spiro atoms. The highest BCUT2D eigenvalue weighted by Gasteiger charge is 2.02. The van der Waals surface area contributed by atoms with Gasteiger partial charge in [-0.1, -0.05) is 25.6 Å². The first-order valence-corrected chi connectivity index (χ1v) is 4.98. The van der Waals surface area contributed by atoms with E-state index in [1.54, 1.807) is 6.07 Å². The van der Waals surface area contributed by atoms with Crippen molar-refractivity contribution < 1.29 is 3.89 Å². The lowest BCUT2D eigenvalue weighted by atomic mass is 10.0. The third-order valence-electron chi connectivity index (χ3n) is 2.09. The van der Waals surface area contributed by atoms with Crippen molar-refractivity contribution in [2.24, 2.45) is 0 Å². The Morgan fingerprint density at radius 3 is 2.69 bits per heavy atom. The minimum absolute atomic E-state index is 0.294. The third kappa shape index (κ3) is 2.34. The van der Waals surface area contributed by atoms with Gasteiger partial charge in [0.2, 0.25) is 0 Å². The van der Waals surface area contributed by atoms with Crippen LogP contribution in [-0.4, -0.2) is 0 Å². The van der Waals surface area contributed by atoms with Crippen LogP contribution < -0.4 is 0 Å². The summed E-state index contributed by atoms with van der Waals surface area (Å²) in [5, 5.41) is 0. The second kappa shape index (κ2) is 4.47. The van der Waals surface area contributed by atoms with Crippen LogP contribution in [-0.2, 0) is 0 Å². The molecule has 1 aromatic carbocycles. The molecule has 0 aromatic heterocycles. The summed E-state index contributed by atoms with van der Waals surface area (Å²) in [5.41, 5.74) is 3.18. The fraction of sp³-hybridized carbons (Fsp3) is 0.273. The Hall–Kier alpha value is -0.760. The highest BCUT2D eigenvalue weighted by Crippen LogP contribution is 2.26. The number of rotatable bonds is 3. The highest BCUT2D eigenvalue weighted by atomic mass is 32.2. The summed E-state index contributed by atoms with van der Waals surface area (Å²) in [5.74, 6) is 0. The number of hydrogen-bond acceptors (Lipinski definition) is 1. The molecule has 0 unspecified atom stereocenters. The molecule has 0 atom stereocenters. The molecule has 0 aliphatic heterocycles. The van der Waals surface area contributed by atoms with E-state index in [1.165, 1.54) is 0 Å². The molecule has 0 N–H and O–H groups in total. The smallest absolute Gasteiger partial charge is 0.0814 e. The summed E-state index contributed by atoms with van der Waals surface area (Å²) in [7, 11) is 0. The molecule has 70 valence electrons. The van der Waals surface area contributed by atoms with E-state index in [9.17, 15) is 3.89 Å². The van der Waals surface area contributed by atoms with Crippen molar-refractivity contribution in [3.63, 3.8) is 0 Å². The van der Waals surface area contributed by atoms with Gasteiger partial charge in [-0.2, -0.15) is 3.89 Å². The van der Waals surface area contributed by atoms with Crippen molar-refractivity contribution in [1.29, 1.82) is 0 Å². The second-order valence-electron chi connectivity index (χ2n) is 3.01. The Morgan fingerprint density at radius 2 is 2.23 bits per heavy atom. The largest absolute Gasteiger partial charge is 0.160 e. The van der Waals surface area contributed by atoms with Gasteiger partial charge in [0.25, 0.3) is 0 Å². The Labute approximate surface area is 83.2 Å². The molecule has 0 saturated heterocycles. The van der Waals surface area contributed by atoms with E-state index in [-0.39, 0.29) is 0 Å². The standard InChI is InChI=1S/C11H13FS/c1-4-8(2)10-5-6-11(13-12)9(3)7-10/h5-7H,2,4H2,1,3H3. The molecule has 13 heavy (non-hydrogen) atoms. The summed E-state index contributed by atoms with van der Waals surface area (Å²) < 4.78 is 12.3. The fourth-order valence-corrected chi connectivity index (χ4v) is 1.46. The summed E-state index contributed by atoms with van der Waals surface area (Å²) in [6.07, 6.45) is 0.932. The van der Waals surface area contributed by atoms with Gasteiger partial charge < -0.3 is 0 Å². The predicted octanol–water partition coefficient (Wildman–Crippen LogP) is 4.39. The topological polar surface area (TPSA) is 0 Å². The molecule has 0 bridgehead atoms. The van der Waals surface area contributed by atoms with Crippen LogP contribution in [0.4, 0.5) is 3.89 Å². The van der Waals surface area contributed by atoms with Gasteiger partial charge in [0.1, 0.15) is 0 Å². The van der Waals surface area contributed by atoms with Gasteiger partial charge in [0.15, 0.2) is 0 Å². The fourth-order valence-electron chi connectivity index (χ4n) is 1.16. The zero-order valence-electron chi connectivity index (χ0n) is 7.93. The normalized spacial score (nSPS) is 10.1. The molecule has 0 aliphatic rings. The van der Waals surface area contributed by atoms with Crippen molar-refractivity contribution in [3.8, 4) is 0 Å². The van der Waals surface area contributed by atoms with Crippen LogP contribution in [0.3, 0.4) is 0 Å². The molecule has 1 rings (SSSR count). The molecule has 0 aliphatic carbocycles. The van der Waals surface area contributed by atoms with Crippen molar-refractivity contribution in [3.05, 3.63) is 35.9 Å². The molecular formula is C11H13FS. The lowest BCUT2D eigenvalue weighted by Gasteiger charge is -2.05. The molecule has 2 heteroatoms. The molecule has 0 amide bonds. The molecule has 0 fully saturated rings. The molecule has 0 saturated carbocycles. The van der Waals surface area contributed by atoms with Crippen LogP contribution >= 0.6 is 12.1 Å². The van der Waals surface area contributed by atoms with Crippen molar-refractivity contribution in [1.82, 2.24) is 0 Å². The number of halogens is 1. The number of benzene rings is 1. The van der Waals surface area contributed by atoms with Gasteiger partial charge in [-0.15, -0.1) is 0 Å². The van der Waals surface area contributed by atoms with Crippen LogP contribution in [0.25, 0.3) is 5.57 Å². The van der Waals surface area contributed by atoms with Crippen LogP contribution in [0.1, 0.15) is 24.5 Å². The zero-order chi connectivity index (χ0) is 9.84. The lowest BCUT2D eigenvalue weighted by Crippen LogP contribution is -1.84. The molecule has 1 aromatic rings. The SMILES string of the molecule is C=C(CC)c1ccc(SF)c(C)c1. The summed E-state index contributed by atoms with van der Waals surface area (Å²) in [6, 6.07) is 5.70. The van der Waals surface area contributed by atoms with Gasteiger partial charge in [0, 0.05) is 4.90 Å². The lowest BCUT2D eigenvalue weighted by molar-refractivity contribution is 0.931. The molecule has 0 heterocycles. The average Bonchev–Trinajstić information content (AvgIpc) is 2.16. The molecule has 0 nitrogen and oxygen atoms in total. The van der Waals surface area contributed by atoms with E-state index >= 15 is 0 Å². The predicted molar refractivity (Wildman–Crippen MR) is 57.5 cm³/mol. The summed E-state index contributed by atoms with van der Waals surface area (Å²) in [6.45, 7) is 7.92. The maximum atomic E-state index is 12.3. The van der Waals surface area contributed by atoms with Gasteiger partial charge in [-0.05, 0) is 36.1 Å². The number of aryl methyl sites for hydroxylation is 1. The minimum atomic E-state index is 0.294. The Balaban J connectivity index is 3.02. The Morgan fingerprint density at radius 1 is 1.54 bits per heavy atom. The van der Waals surface area contributed by atoms with E-state index in [0.717, 1.165) is 23.1 Å². The molecule has 0 radical (unpaired) electrons. The number of allylic oxidation sites excluding steroid dienone is 1. The highest BCUT2D eigenvalue weighted by molar-refractivity contribution is 7.94. The monoisotopic (exact) mass is 196 g/mol. The molecular weight excluding hydrogens is 183 g/mol. The first kappa shape index (κ1) is 10.3. The maximum absolute atomic E-state index is 12.3. The van der Waals surface area contributed by atoms with Crippen molar-refractivity contribution in [2.45, 2.75) is 25.2 Å². The van der Waals surface area contributed by atoms with Crippen molar-refractivity contribution in [2.75, 3.05) is 0 Å². The summed E-state index contributed by atoms with van der Waals surface area (Å²) in [4.78, 5) is 0.688. The quantitative estimate of drug-likeness (QED) is 0.690. The first-order valence-electron chi connectivity index (χ1n) is 4.26. The second-order valence-corrected chi connectivity index (χ2v) is 3.61. The average molecular weight is 196 g/mol. The van der Waals surface area contributed by atoms with Gasteiger partial charge in [0.05, 0.1) is 12.1 Å². The van der Waals surface area contributed by atoms with Crippen LogP contribution in [0, 0.1) is 6.92 Å². The van der Waals surface area contributed by atoms with Gasteiger partial charge >= 0.3 is 0 Å². The minimum Gasteiger partial charge on any atom is -0.160 e. The number of hydrogen-bond donors (Lipinski definition) is 0. The Bertz CT molecular complexity index is 318. The van der Waals surface area contributed by atoms with E-state index in [1.807, 2.05) is 19.1 Å². The van der Waals surface area contributed by atoms with E-state index < -0.39 is 0 Å². The van der Waals surface area contributed by atoms with Crippen LogP contribution in [0.15, 0.2) is 29.7 Å². The third-order valence-corrected chi connectivity index (χ3v) is 2.72. The first-order chi connectivity index (χ1) is 6.19. The van der Waals surface area contributed by atoms with E-state index in [2.05, 4.69) is 13.5 Å². The zero-order valence-corrected chi connectivity index (χ0v) is 8.75. The van der Waals surface area contributed by atoms with Gasteiger partial charge in [-0.3, -0.25) is 0 Å².